The van der Waals surface area contributed by atoms with Crippen molar-refractivity contribution in [2.75, 3.05) is 25.1 Å². The molecule has 2 rings (SSSR count). The van der Waals surface area contributed by atoms with Crippen LogP contribution in [0.1, 0.15) is 26.3 Å². The van der Waals surface area contributed by atoms with E-state index in [0.29, 0.717) is 16.9 Å². The molecule has 0 amide bonds. The van der Waals surface area contributed by atoms with Crippen LogP contribution in [0, 0.1) is 22.7 Å². The van der Waals surface area contributed by atoms with Gasteiger partial charge in [0.25, 0.3) is 0 Å². The van der Waals surface area contributed by atoms with Crippen molar-refractivity contribution in [1.82, 2.24) is 0 Å². The van der Waals surface area contributed by atoms with Crippen LogP contribution in [-0.4, -0.2) is 20.2 Å². The molecule has 0 aromatic heterocycles. The maximum absolute atomic E-state index is 9.20. The van der Waals surface area contributed by atoms with E-state index in [1.807, 2.05) is 18.2 Å². The van der Waals surface area contributed by atoms with Crippen molar-refractivity contribution >= 4 is 5.69 Å². The quantitative estimate of drug-likeness (QED) is 0.802. The summed E-state index contributed by atoms with van der Waals surface area (Å²) in [7, 11) is 1.65. The van der Waals surface area contributed by atoms with Gasteiger partial charge in [-0.15, -0.1) is 0 Å². The molecule has 0 unspecified atom stereocenters. The lowest BCUT2D eigenvalue weighted by atomic mass is 9.75. The lowest BCUT2D eigenvalue weighted by Crippen LogP contribution is -2.52. The first-order chi connectivity index (χ1) is 8.47. The van der Waals surface area contributed by atoms with Gasteiger partial charge >= 0.3 is 0 Å². The van der Waals surface area contributed by atoms with Crippen molar-refractivity contribution < 1.29 is 4.74 Å². The second kappa shape index (κ2) is 4.53. The van der Waals surface area contributed by atoms with Gasteiger partial charge < -0.3 is 9.64 Å². The summed E-state index contributed by atoms with van der Waals surface area (Å²) in [6.45, 7) is 8.80. The fraction of sp³-hybridized carbons (Fsp3) is 0.533. The number of anilines is 1. The number of rotatable bonds is 2. The van der Waals surface area contributed by atoms with Gasteiger partial charge in [-0.3, -0.25) is 0 Å². The van der Waals surface area contributed by atoms with Crippen LogP contribution in [0.5, 0.6) is 5.75 Å². The zero-order valence-electron chi connectivity index (χ0n) is 11.5. The molecule has 0 N–H and O–H groups in total. The molecule has 0 bridgehead atoms. The van der Waals surface area contributed by atoms with E-state index in [1.54, 1.807) is 7.11 Å². The lowest BCUT2D eigenvalue weighted by molar-refractivity contribution is 0.194. The van der Waals surface area contributed by atoms with Gasteiger partial charge in [-0.25, -0.2) is 0 Å². The fourth-order valence-corrected chi connectivity index (χ4v) is 2.31. The maximum atomic E-state index is 9.20. The molecule has 1 aliphatic heterocycles. The molecule has 96 valence electrons. The number of hydrogen-bond acceptors (Lipinski definition) is 3. The Bertz CT molecular complexity index is 476. The molecule has 1 aromatic carbocycles. The van der Waals surface area contributed by atoms with Crippen LogP contribution < -0.4 is 9.64 Å². The van der Waals surface area contributed by atoms with Gasteiger partial charge in [-0.2, -0.15) is 5.26 Å². The van der Waals surface area contributed by atoms with Gasteiger partial charge in [-0.1, -0.05) is 26.8 Å². The Kier molecular flexibility index (Phi) is 3.21. The first-order valence-corrected chi connectivity index (χ1v) is 6.29. The summed E-state index contributed by atoms with van der Waals surface area (Å²) in [5, 5.41) is 9.20. The molecule has 3 nitrogen and oxygen atoms in total. The number of benzene rings is 1. The van der Waals surface area contributed by atoms with Crippen LogP contribution in [0.4, 0.5) is 5.69 Å². The van der Waals surface area contributed by atoms with Crippen molar-refractivity contribution in [3.63, 3.8) is 0 Å². The van der Waals surface area contributed by atoms with Gasteiger partial charge in [0, 0.05) is 13.1 Å². The van der Waals surface area contributed by atoms with Crippen molar-refractivity contribution in [1.29, 1.82) is 5.26 Å². The smallest absolute Gasteiger partial charge is 0.143 e. The van der Waals surface area contributed by atoms with Gasteiger partial charge in [-0.05, 0) is 23.5 Å². The van der Waals surface area contributed by atoms with Crippen LogP contribution in [-0.2, 0) is 0 Å². The zero-order valence-corrected chi connectivity index (χ0v) is 11.5. The number of methoxy groups -OCH3 is 1. The molecule has 3 heteroatoms. The fourth-order valence-electron chi connectivity index (χ4n) is 2.31. The van der Waals surface area contributed by atoms with Crippen molar-refractivity contribution in [3.8, 4) is 11.8 Å². The predicted molar refractivity (Wildman–Crippen MR) is 72.9 cm³/mol. The molecule has 1 saturated heterocycles. The minimum atomic E-state index is 0.325. The molecular formula is C15H20N2O. The number of hydrogen-bond donors (Lipinski definition) is 0. The highest BCUT2D eigenvalue weighted by molar-refractivity contribution is 5.69. The van der Waals surface area contributed by atoms with Gasteiger partial charge in [0.2, 0.25) is 0 Å². The molecule has 18 heavy (non-hydrogen) atoms. The number of ether oxygens (including phenoxy) is 1. The molecule has 0 radical (unpaired) electrons. The number of nitriles is 1. The van der Waals surface area contributed by atoms with Crippen LogP contribution in [0.15, 0.2) is 18.2 Å². The van der Waals surface area contributed by atoms with Gasteiger partial charge in [0.1, 0.15) is 11.8 Å². The Labute approximate surface area is 109 Å². The first kappa shape index (κ1) is 12.8. The van der Waals surface area contributed by atoms with Crippen molar-refractivity contribution in [2.24, 2.45) is 11.3 Å². The average Bonchev–Trinajstić information content (AvgIpc) is 2.25. The highest BCUT2D eigenvalue weighted by Crippen LogP contribution is 2.41. The molecule has 0 saturated carbocycles. The maximum Gasteiger partial charge on any atom is 0.143 e. The third-order valence-corrected chi connectivity index (χ3v) is 3.76. The standard InChI is InChI=1S/C15H20N2O/c1-15(2,3)12-9-17(10-12)14-11(8-16)6-5-7-13(14)18-4/h5-7,12H,9-10H2,1-4H3. The predicted octanol–water partition coefficient (Wildman–Crippen LogP) is 3.05. The van der Waals surface area contributed by atoms with Gasteiger partial charge in [0.15, 0.2) is 0 Å². The highest BCUT2D eigenvalue weighted by atomic mass is 16.5. The first-order valence-electron chi connectivity index (χ1n) is 6.29. The van der Waals surface area contributed by atoms with E-state index in [0.717, 1.165) is 24.5 Å². The largest absolute Gasteiger partial charge is 0.495 e. The molecule has 0 aliphatic carbocycles. The van der Waals surface area contributed by atoms with E-state index in [-0.39, 0.29) is 0 Å². The normalized spacial score (nSPS) is 16.1. The molecule has 0 atom stereocenters. The minimum Gasteiger partial charge on any atom is -0.495 e. The summed E-state index contributed by atoms with van der Waals surface area (Å²) in [5.41, 5.74) is 1.97. The summed E-state index contributed by atoms with van der Waals surface area (Å²) >= 11 is 0. The summed E-state index contributed by atoms with van der Waals surface area (Å²) in [4.78, 5) is 2.24. The Hall–Kier alpha value is -1.69. The Balaban J connectivity index is 2.24. The second-order valence-corrected chi connectivity index (χ2v) is 5.94. The summed E-state index contributed by atoms with van der Waals surface area (Å²) in [6.07, 6.45) is 0. The third kappa shape index (κ3) is 2.15. The summed E-state index contributed by atoms with van der Waals surface area (Å²) in [6, 6.07) is 7.88. The van der Waals surface area contributed by atoms with Crippen LogP contribution >= 0.6 is 0 Å². The van der Waals surface area contributed by atoms with E-state index in [2.05, 4.69) is 31.7 Å². The van der Waals surface area contributed by atoms with Crippen molar-refractivity contribution in [2.45, 2.75) is 20.8 Å². The monoisotopic (exact) mass is 244 g/mol. The van der Waals surface area contributed by atoms with Crippen LogP contribution in [0.3, 0.4) is 0 Å². The van der Waals surface area contributed by atoms with E-state index in [9.17, 15) is 5.26 Å². The molecule has 1 fully saturated rings. The number of nitrogens with zero attached hydrogens (tertiary/aromatic N) is 2. The Morgan fingerprint density at radius 2 is 2.00 bits per heavy atom. The average molecular weight is 244 g/mol. The Morgan fingerprint density at radius 1 is 1.33 bits per heavy atom. The SMILES string of the molecule is COc1cccc(C#N)c1N1CC(C(C)(C)C)C1. The third-order valence-electron chi connectivity index (χ3n) is 3.76. The Morgan fingerprint density at radius 3 is 2.50 bits per heavy atom. The minimum absolute atomic E-state index is 0.325. The molecule has 0 spiro atoms. The summed E-state index contributed by atoms with van der Waals surface area (Å²) in [5.74, 6) is 1.47. The van der Waals surface area contributed by atoms with E-state index < -0.39 is 0 Å². The van der Waals surface area contributed by atoms with Crippen LogP contribution in [0.25, 0.3) is 0 Å². The van der Waals surface area contributed by atoms with E-state index >= 15 is 0 Å². The molecular weight excluding hydrogens is 224 g/mol. The molecule has 1 heterocycles. The van der Waals surface area contributed by atoms with Gasteiger partial charge in [0.05, 0.1) is 18.4 Å². The topological polar surface area (TPSA) is 36.3 Å². The zero-order chi connectivity index (χ0) is 13.3. The lowest BCUT2D eigenvalue weighted by Gasteiger charge is -2.48. The second-order valence-electron chi connectivity index (χ2n) is 5.94. The molecule has 1 aromatic rings. The van der Waals surface area contributed by atoms with E-state index in [1.165, 1.54) is 0 Å². The number of para-hydroxylation sites is 1. The summed E-state index contributed by atoms with van der Waals surface area (Å²) < 4.78 is 5.37. The van der Waals surface area contributed by atoms with E-state index in [4.69, 9.17) is 4.74 Å². The highest BCUT2D eigenvalue weighted by Gasteiger charge is 2.37. The van der Waals surface area contributed by atoms with Crippen molar-refractivity contribution in [3.05, 3.63) is 23.8 Å². The molecule has 1 aliphatic rings. The van der Waals surface area contributed by atoms with Crippen LogP contribution in [0.2, 0.25) is 0 Å².